The quantitative estimate of drug-likeness (QED) is 0.773. The van der Waals surface area contributed by atoms with Crippen LogP contribution in [0.3, 0.4) is 0 Å². The molecule has 1 aliphatic carbocycles. The molecule has 0 aliphatic heterocycles. The fourth-order valence-corrected chi connectivity index (χ4v) is 2.33. The van der Waals surface area contributed by atoms with E-state index in [1.807, 2.05) is 0 Å². The third-order valence-corrected chi connectivity index (χ3v) is 3.66. The van der Waals surface area contributed by atoms with Crippen molar-refractivity contribution in [1.29, 1.82) is 0 Å². The van der Waals surface area contributed by atoms with Crippen molar-refractivity contribution < 1.29 is 14.7 Å². The van der Waals surface area contributed by atoms with Gasteiger partial charge in [-0.1, -0.05) is 0 Å². The van der Waals surface area contributed by atoms with Crippen molar-refractivity contribution in [3.8, 4) is 0 Å². The molecule has 1 aliphatic rings. The minimum Gasteiger partial charge on any atom is -0.478 e. The largest absolute Gasteiger partial charge is 0.478 e. The van der Waals surface area contributed by atoms with Crippen molar-refractivity contribution in [2.24, 2.45) is 0 Å². The normalized spacial score (nSPS) is 14.2. The monoisotopic (exact) mass is 265 g/mol. The summed E-state index contributed by atoms with van der Waals surface area (Å²) in [5.41, 5.74) is 0.283. The van der Waals surface area contributed by atoms with Crippen LogP contribution in [0.25, 0.3) is 0 Å². The first-order valence-electron chi connectivity index (χ1n) is 5.90. The standard InChI is InChI=1S/C13H15NO3S/c15-12(14-10-3-4-10)7-8-18-11-5-1-9(2-6-11)13(16)17/h1-2,5-6,10H,3-4,7-8H2,(H,14,15)(H,16,17). The Morgan fingerprint density at radius 3 is 2.50 bits per heavy atom. The molecule has 1 saturated carbocycles. The number of hydrogen-bond acceptors (Lipinski definition) is 3. The van der Waals surface area contributed by atoms with Crippen LogP contribution in [0.1, 0.15) is 29.6 Å². The van der Waals surface area contributed by atoms with E-state index >= 15 is 0 Å². The minimum atomic E-state index is -0.921. The van der Waals surface area contributed by atoms with E-state index in [-0.39, 0.29) is 11.5 Å². The van der Waals surface area contributed by atoms with Gasteiger partial charge in [0.25, 0.3) is 0 Å². The van der Waals surface area contributed by atoms with Gasteiger partial charge in [-0.05, 0) is 37.1 Å². The summed E-state index contributed by atoms with van der Waals surface area (Å²) in [6.07, 6.45) is 2.72. The van der Waals surface area contributed by atoms with Crippen molar-refractivity contribution in [3.05, 3.63) is 29.8 Å². The van der Waals surface area contributed by atoms with E-state index in [9.17, 15) is 9.59 Å². The van der Waals surface area contributed by atoms with Crippen LogP contribution in [0.2, 0.25) is 0 Å². The fraction of sp³-hybridized carbons (Fsp3) is 0.385. The van der Waals surface area contributed by atoms with E-state index in [0.29, 0.717) is 18.2 Å². The average molecular weight is 265 g/mol. The molecular formula is C13H15NO3S. The van der Waals surface area contributed by atoms with Gasteiger partial charge in [0.15, 0.2) is 0 Å². The lowest BCUT2D eigenvalue weighted by atomic mass is 10.2. The maximum absolute atomic E-state index is 11.4. The summed E-state index contributed by atoms with van der Waals surface area (Å²) < 4.78 is 0. The number of carbonyl (C=O) groups excluding carboxylic acids is 1. The molecule has 0 radical (unpaired) electrons. The number of nitrogens with one attached hydrogen (secondary N) is 1. The van der Waals surface area contributed by atoms with Gasteiger partial charge in [0.2, 0.25) is 5.91 Å². The van der Waals surface area contributed by atoms with Crippen molar-refractivity contribution in [2.75, 3.05) is 5.75 Å². The Labute approximate surface area is 110 Å². The first-order chi connectivity index (χ1) is 8.65. The van der Waals surface area contributed by atoms with E-state index in [4.69, 9.17) is 5.11 Å². The van der Waals surface area contributed by atoms with Gasteiger partial charge in [-0.25, -0.2) is 4.79 Å². The lowest BCUT2D eigenvalue weighted by Gasteiger charge is -2.03. The Morgan fingerprint density at radius 1 is 1.28 bits per heavy atom. The van der Waals surface area contributed by atoms with Crippen LogP contribution < -0.4 is 5.32 Å². The molecule has 18 heavy (non-hydrogen) atoms. The van der Waals surface area contributed by atoms with Crippen LogP contribution in [-0.2, 0) is 4.79 Å². The molecule has 2 N–H and O–H groups in total. The summed E-state index contributed by atoms with van der Waals surface area (Å²) in [6, 6.07) is 7.11. The van der Waals surface area contributed by atoms with Gasteiger partial charge in [0.05, 0.1) is 5.56 Å². The summed E-state index contributed by atoms with van der Waals surface area (Å²) in [5.74, 6) is -0.104. The third kappa shape index (κ3) is 4.07. The molecule has 0 saturated heterocycles. The van der Waals surface area contributed by atoms with Crippen LogP contribution in [-0.4, -0.2) is 28.8 Å². The first kappa shape index (κ1) is 13.0. The average Bonchev–Trinajstić information content (AvgIpc) is 3.13. The van der Waals surface area contributed by atoms with E-state index in [2.05, 4.69) is 5.32 Å². The number of rotatable bonds is 6. The number of hydrogen-bond donors (Lipinski definition) is 2. The lowest BCUT2D eigenvalue weighted by Crippen LogP contribution is -2.25. The van der Waals surface area contributed by atoms with Gasteiger partial charge < -0.3 is 10.4 Å². The molecule has 1 aromatic rings. The number of aromatic carboxylic acids is 1. The van der Waals surface area contributed by atoms with E-state index in [1.54, 1.807) is 36.0 Å². The van der Waals surface area contributed by atoms with Crippen LogP contribution in [0.5, 0.6) is 0 Å². The molecule has 0 heterocycles. The lowest BCUT2D eigenvalue weighted by molar-refractivity contribution is -0.120. The number of carbonyl (C=O) groups is 2. The highest BCUT2D eigenvalue weighted by atomic mass is 32.2. The molecule has 2 rings (SSSR count). The smallest absolute Gasteiger partial charge is 0.335 e. The number of amides is 1. The third-order valence-electron chi connectivity index (χ3n) is 2.64. The molecule has 0 bridgehead atoms. The molecule has 0 atom stereocenters. The Hall–Kier alpha value is -1.49. The van der Waals surface area contributed by atoms with E-state index < -0.39 is 5.97 Å². The fourth-order valence-electron chi connectivity index (χ4n) is 1.48. The molecule has 0 aromatic heterocycles. The summed E-state index contributed by atoms with van der Waals surface area (Å²) in [5, 5.41) is 11.7. The summed E-state index contributed by atoms with van der Waals surface area (Å²) >= 11 is 1.56. The molecule has 96 valence electrons. The summed E-state index contributed by atoms with van der Waals surface area (Å²) in [6.45, 7) is 0. The molecule has 0 spiro atoms. The molecule has 1 amide bonds. The number of benzene rings is 1. The van der Waals surface area contributed by atoms with Crippen LogP contribution >= 0.6 is 11.8 Å². The predicted octanol–water partition coefficient (Wildman–Crippen LogP) is 2.15. The highest BCUT2D eigenvalue weighted by Gasteiger charge is 2.22. The summed E-state index contributed by atoms with van der Waals surface area (Å²) in [7, 11) is 0. The molecule has 1 fully saturated rings. The van der Waals surface area contributed by atoms with Gasteiger partial charge in [-0.3, -0.25) is 4.79 Å². The molecule has 0 unspecified atom stereocenters. The second-order valence-electron chi connectivity index (χ2n) is 4.27. The zero-order chi connectivity index (χ0) is 13.0. The van der Waals surface area contributed by atoms with Gasteiger partial charge >= 0.3 is 5.97 Å². The zero-order valence-corrected chi connectivity index (χ0v) is 10.7. The van der Waals surface area contributed by atoms with Gasteiger partial charge in [0.1, 0.15) is 0 Å². The predicted molar refractivity (Wildman–Crippen MR) is 69.9 cm³/mol. The highest BCUT2D eigenvalue weighted by Crippen LogP contribution is 2.21. The van der Waals surface area contributed by atoms with Crippen molar-refractivity contribution in [2.45, 2.75) is 30.2 Å². The second kappa shape index (κ2) is 5.91. The Morgan fingerprint density at radius 2 is 1.94 bits per heavy atom. The highest BCUT2D eigenvalue weighted by molar-refractivity contribution is 7.99. The van der Waals surface area contributed by atoms with Crippen molar-refractivity contribution in [3.63, 3.8) is 0 Å². The van der Waals surface area contributed by atoms with Crippen LogP contribution in [0.4, 0.5) is 0 Å². The van der Waals surface area contributed by atoms with Gasteiger partial charge in [0, 0.05) is 23.1 Å². The Bertz CT molecular complexity index is 440. The van der Waals surface area contributed by atoms with Gasteiger partial charge in [-0.15, -0.1) is 11.8 Å². The zero-order valence-electron chi connectivity index (χ0n) is 9.89. The molecule has 5 heteroatoms. The summed E-state index contributed by atoms with van der Waals surface area (Å²) in [4.78, 5) is 23.1. The SMILES string of the molecule is O=C(CCSc1ccc(C(=O)O)cc1)NC1CC1. The number of carboxylic acids is 1. The minimum absolute atomic E-state index is 0.104. The first-order valence-corrected chi connectivity index (χ1v) is 6.89. The van der Waals surface area contributed by atoms with Gasteiger partial charge in [-0.2, -0.15) is 0 Å². The molecule has 1 aromatic carbocycles. The van der Waals surface area contributed by atoms with Crippen LogP contribution in [0.15, 0.2) is 29.2 Å². The molecular weight excluding hydrogens is 250 g/mol. The number of thioether (sulfide) groups is 1. The van der Waals surface area contributed by atoms with Crippen molar-refractivity contribution >= 4 is 23.6 Å². The maximum Gasteiger partial charge on any atom is 0.335 e. The van der Waals surface area contributed by atoms with Crippen molar-refractivity contribution in [1.82, 2.24) is 5.32 Å². The van der Waals surface area contributed by atoms with Crippen LogP contribution in [0, 0.1) is 0 Å². The Balaban J connectivity index is 1.72. The topological polar surface area (TPSA) is 66.4 Å². The van der Waals surface area contributed by atoms with E-state index in [1.165, 1.54) is 0 Å². The van der Waals surface area contributed by atoms with E-state index in [0.717, 1.165) is 17.7 Å². The number of carboxylic acid groups (broad SMARTS) is 1. The maximum atomic E-state index is 11.4. The second-order valence-corrected chi connectivity index (χ2v) is 5.44. The molecule has 4 nitrogen and oxygen atoms in total. The Kier molecular flexibility index (Phi) is 4.25.